The van der Waals surface area contributed by atoms with Gasteiger partial charge >= 0.3 is 13.5 Å². The first-order chi connectivity index (χ1) is 12.0. The van der Waals surface area contributed by atoms with E-state index < -0.39 is 24.7 Å². The molecule has 0 unspecified atom stereocenters. The number of benzene rings is 2. The Balaban J connectivity index is 1.82. The Morgan fingerprint density at radius 3 is 1.96 bits per heavy atom. The third kappa shape index (κ3) is 3.89. The highest BCUT2D eigenvalue weighted by atomic mass is 19.4. The monoisotopic (exact) mass is 364 g/mol. The fraction of sp³-hybridized carbons (Fsp3) is 0.368. The SMILES string of the molecule is CC1(C)OB(c2cccc(-c3ccc(OC(F)(F)F)cc3)c2)OC1(C)C. The van der Waals surface area contributed by atoms with E-state index in [4.69, 9.17) is 9.31 Å². The van der Waals surface area contributed by atoms with E-state index in [9.17, 15) is 13.2 Å². The molecule has 1 heterocycles. The molecule has 0 spiro atoms. The molecule has 0 aliphatic carbocycles. The van der Waals surface area contributed by atoms with E-state index in [1.165, 1.54) is 12.1 Å². The highest BCUT2D eigenvalue weighted by Crippen LogP contribution is 2.36. The molecule has 3 rings (SSSR count). The van der Waals surface area contributed by atoms with Gasteiger partial charge in [0.15, 0.2) is 0 Å². The minimum Gasteiger partial charge on any atom is -0.406 e. The van der Waals surface area contributed by atoms with Gasteiger partial charge in [-0.2, -0.15) is 0 Å². The third-order valence-electron chi connectivity index (χ3n) is 4.83. The quantitative estimate of drug-likeness (QED) is 0.748. The van der Waals surface area contributed by atoms with Crippen LogP contribution in [0.5, 0.6) is 5.75 Å². The molecule has 0 amide bonds. The lowest BCUT2D eigenvalue weighted by Gasteiger charge is -2.32. The van der Waals surface area contributed by atoms with Crippen LogP contribution in [0, 0.1) is 0 Å². The Labute approximate surface area is 151 Å². The predicted molar refractivity (Wildman–Crippen MR) is 94.3 cm³/mol. The van der Waals surface area contributed by atoms with Crippen LogP contribution < -0.4 is 10.2 Å². The molecule has 2 aromatic rings. The number of hydrogen-bond donors (Lipinski definition) is 0. The van der Waals surface area contributed by atoms with E-state index >= 15 is 0 Å². The van der Waals surface area contributed by atoms with Gasteiger partial charge in [0.05, 0.1) is 11.2 Å². The van der Waals surface area contributed by atoms with Crippen LogP contribution in [0.25, 0.3) is 11.1 Å². The van der Waals surface area contributed by atoms with Crippen LogP contribution in [-0.2, 0) is 9.31 Å². The lowest BCUT2D eigenvalue weighted by Crippen LogP contribution is -2.41. The summed E-state index contributed by atoms with van der Waals surface area (Å²) in [6, 6.07) is 13.3. The third-order valence-corrected chi connectivity index (χ3v) is 4.83. The van der Waals surface area contributed by atoms with Crippen LogP contribution in [0.15, 0.2) is 48.5 Å². The van der Waals surface area contributed by atoms with Crippen molar-refractivity contribution < 1.29 is 27.2 Å². The van der Waals surface area contributed by atoms with Gasteiger partial charge in [-0.25, -0.2) is 0 Å². The van der Waals surface area contributed by atoms with Crippen LogP contribution in [0.1, 0.15) is 27.7 Å². The molecule has 0 atom stereocenters. The maximum Gasteiger partial charge on any atom is 0.573 e. The van der Waals surface area contributed by atoms with E-state index in [1.807, 2.05) is 52.0 Å². The molecule has 0 N–H and O–H groups in total. The van der Waals surface area contributed by atoms with E-state index in [1.54, 1.807) is 12.1 Å². The van der Waals surface area contributed by atoms with Gasteiger partial charge in [0.25, 0.3) is 0 Å². The van der Waals surface area contributed by atoms with Gasteiger partial charge in [-0.3, -0.25) is 0 Å². The molecule has 3 nitrogen and oxygen atoms in total. The summed E-state index contributed by atoms with van der Waals surface area (Å²) >= 11 is 0. The molecule has 138 valence electrons. The van der Waals surface area contributed by atoms with E-state index in [2.05, 4.69) is 4.74 Å². The van der Waals surface area contributed by atoms with Gasteiger partial charge in [0.2, 0.25) is 0 Å². The van der Waals surface area contributed by atoms with Crippen molar-refractivity contribution in [2.45, 2.75) is 45.3 Å². The van der Waals surface area contributed by atoms with Crippen molar-refractivity contribution in [2.24, 2.45) is 0 Å². The molecular weight excluding hydrogens is 344 g/mol. The summed E-state index contributed by atoms with van der Waals surface area (Å²) in [6.07, 6.45) is -4.70. The topological polar surface area (TPSA) is 27.7 Å². The smallest absolute Gasteiger partial charge is 0.406 e. The minimum absolute atomic E-state index is 0.247. The first-order valence-corrected chi connectivity index (χ1v) is 8.29. The normalized spacial score (nSPS) is 18.8. The summed E-state index contributed by atoms with van der Waals surface area (Å²) in [5, 5.41) is 0. The first-order valence-electron chi connectivity index (χ1n) is 8.29. The zero-order chi connectivity index (χ0) is 19.2. The zero-order valence-corrected chi connectivity index (χ0v) is 15.1. The molecule has 0 aromatic heterocycles. The summed E-state index contributed by atoms with van der Waals surface area (Å²) in [5.74, 6) is -0.247. The van der Waals surface area contributed by atoms with Crippen molar-refractivity contribution in [2.75, 3.05) is 0 Å². The van der Waals surface area contributed by atoms with Gasteiger partial charge in [-0.05, 0) is 56.4 Å². The Morgan fingerprint density at radius 1 is 0.846 bits per heavy atom. The zero-order valence-electron chi connectivity index (χ0n) is 15.1. The lowest BCUT2D eigenvalue weighted by molar-refractivity contribution is -0.274. The average Bonchev–Trinajstić information content (AvgIpc) is 2.75. The van der Waals surface area contributed by atoms with E-state index in [-0.39, 0.29) is 5.75 Å². The van der Waals surface area contributed by atoms with E-state index in [0.29, 0.717) is 0 Å². The molecule has 0 saturated carbocycles. The van der Waals surface area contributed by atoms with Gasteiger partial charge in [-0.1, -0.05) is 36.4 Å². The van der Waals surface area contributed by atoms with Gasteiger partial charge < -0.3 is 14.0 Å². The maximum absolute atomic E-state index is 12.3. The number of ether oxygens (including phenoxy) is 1. The summed E-state index contributed by atoms with van der Waals surface area (Å²) in [5.41, 5.74) is 1.61. The van der Waals surface area contributed by atoms with Crippen LogP contribution in [0.3, 0.4) is 0 Å². The summed E-state index contributed by atoms with van der Waals surface area (Å²) in [6.45, 7) is 7.93. The molecule has 0 radical (unpaired) electrons. The Bertz CT molecular complexity index is 769. The Kier molecular flexibility index (Phi) is 4.57. The molecule has 1 fully saturated rings. The van der Waals surface area contributed by atoms with Crippen molar-refractivity contribution in [3.05, 3.63) is 48.5 Å². The Morgan fingerprint density at radius 2 is 1.42 bits per heavy atom. The predicted octanol–water partition coefficient (Wildman–Crippen LogP) is 4.55. The first kappa shape index (κ1) is 18.8. The Hall–Kier alpha value is -1.99. The number of alkyl halides is 3. The largest absolute Gasteiger partial charge is 0.573 e. The van der Waals surface area contributed by atoms with Crippen molar-refractivity contribution >= 4 is 12.6 Å². The second-order valence-electron chi connectivity index (χ2n) is 7.29. The summed E-state index contributed by atoms with van der Waals surface area (Å²) in [4.78, 5) is 0. The molecule has 7 heteroatoms. The maximum atomic E-state index is 12.3. The van der Waals surface area contributed by atoms with Crippen molar-refractivity contribution in [1.29, 1.82) is 0 Å². The van der Waals surface area contributed by atoms with Gasteiger partial charge in [-0.15, -0.1) is 13.2 Å². The van der Waals surface area contributed by atoms with Crippen molar-refractivity contribution in [1.82, 2.24) is 0 Å². The molecule has 1 saturated heterocycles. The second kappa shape index (κ2) is 6.32. The van der Waals surface area contributed by atoms with E-state index in [0.717, 1.165) is 16.6 Å². The highest BCUT2D eigenvalue weighted by Gasteiger charge is 2.51. The van der Waals surface area contributed by atoms with Crippen molar-refractivity contribution in [3.63, 3.8) is 0 Å². The standard InChI is InChI=1S/C19H20BF3O3/c1-17(2)18(3,4)26-20(25-17)15-7-5-6-14(12-15)13-8-10-16(11-9-13)24-19(21,22)23/h5-12H,1-4H3. The molecule has 2 aromatic carbocycles. The molecular formula is C19H20BF3O3. The molecule has 26 heavy (non-hydrogen) atoms. The molecule has 1 aliphatic rings. The summed E-state index contributed by atoms with van der Waals surface area (Å²) < 4.78 is 52.8. The van der Waals surface area contributed by atoms with Crippen LogP contribution >= 0.6 is 0 Å². The fourth-order valence-corrected chi connectivity index (χ4v) is 2.69. The van der Waals surface area contributed by atoms with Crippen LogP contribution in [0.4, 0.5) is 13.2 Å². The number of hydrogen-bond acceptors (Lipinski definition) is 3. The fourth-order valence-electron chi connectivity index (χ4n) is 2.69. The van der Waals surface area contributed by atoms with Crippen LogP contribution in [-0.4, -0.2) is 24.7 Å². The van der Waals surface area contributed by atoms with Crippen molar-refractivity contribution in [3.8, 4) is 16.9 Å². The lowest BCUT2D eigenvalue weighted by atomic mass is 9.78. The number of rotatable bonds is 3. The van der Waals surface area contributed by atoms with Gasteiger partial charge in [0.1, 0.15) is 5.75 Å². The number of halogens is 3. The van der Waals surface area contributed by atoms with Gasteiger partial charge in [0, 0.05) is 0 Å². The van der Waals surface area contributed by atoms with Crippen LogP contribution in [0.2, 0.25) is 0 Å². The average molecular weight is 364 g/mol. The summed E-state index contributed by atoms with van der Waals surface area (Å²) in [7, 11) is -0.493. The second-order valence-corrected chi connectivity index (χ2v) is 7.29. The minimum atomic E-state index is -4.70. The molecule has 1 aliphatic heterocycles. The highest BCUT2D eigenvalue weighted by molar-refractivity contribution is 6.62. The molecule has 0 bridgehead atoms.